The summed E-state index contributed by atoms with van der Waals surface area (Å²) >= 11 is 0. The smallest absolute Gasteiger partial charge is 0.218 e. The summed E-state index contributed by atoms with van der Waals surface area (Å²) in [5, 5.41) is 3.33. The van der Waals surface area contributed by atoms with Crippen molar-refractivity contribution >= 4 is 15.7 Å². The van der Waals surface area contributed by atoms with E-state index >= 15 is 0 Å². The van der Waals surface area contributed by atoms with Gasteiger partial charge in [0.2, 0.25) is 10.0 Å². The van der Waals surface area contributed by atoms with Gasteiger partial charge in [0, 0.05) is 30.9 Å². The molecule has 5 nitrogen and oxygen atoms in total. The maximum Gasteiger partial charge on any atom is 0.218 e. The number of sulfonamides is 1. The minimum absolute atomic E-state index is 0.0344. The molecule has 1 aromatic carbocycles. The number of hydrogen-bond acceptors (Lipinski definition) is 4. The molecule has 1 aliphatic rings. The van der Waals surface area contributed by atoms with E-state index in [9.17, 15) is 8.42 Å². The minimum Gasteiger partial charge on any atom is -0.399 e. The van der Waals surface area contributed by atoms with Crippen molar-refractivity contribution in [3.05, 3.63) is 29.8 Å². The van der Waals surface area contributed by atoms with Gasteiger partial charge in [0.05, 0.1) is 5.75 Å². The summed E-state index contributed by atoms with van der Waals surface area (Å²) in [6, 6.07) is 7.36. The topological polar surface area (TPSA) is 75.4 Å². The van der Waals surface area contributed by atoms with Crippen LogP contribution in [0.4, 0.5) is 5.69 Å². The van der Waals surface area contributed by atoms with E-state index in [2.05, 4.69) is 5.32 Å². The fourth-order valence-corrected chi connectivity index (χ4v) is 4.12. The average Bonchev–Trinajstić information content (AvgIpc) is 2.31. The molecule has 0 aliphatic carbocycles. The standard InChI is InChI=1S/C13H21N3O2S/c1-10-7-16(8-11(2)15-10)19(17,18)9-12-3-5-13(14)6-4-12/h3-6,10-11,15H,7-9,14H2,1-2H3. The summed E-state index contributed by atoms with van der Waals surface area (Å²) in [5.74, 6) is 0.0344. The molecule has 0 aromatic heterocycles. The first kappa shape index (κ1) is 14.3. The van der Waals surface area contributed by atoms with Crippen LogP contribution in [0.3, 0.4) is 0 Å². The quantitative estimate of drug-likeness (QED) is 0.804. The Morgan fingerprint density at radius 1 is 1.21 bits per heavy atom. The van der Waals surface area contributed by atoms with Crippen molar-refractivity contribution in [3.63, 3.8) is 0 Å². The lowest BCUT2D eigenvalue weighted by molar-refractivity contribution is 0.262. The van der Waals surface area contributed by atoms with Crippen LogP contribution in [-0.2, 0) is 15.8 Å². The Morgan fingerprint density at radius 2 is 1.74 bits per heavy atom. The molecular formula is C13H21N3O2S. The molecule has 0 bridgehead atoms. The van der Waals surface area contributed by atoms with Crippen LogP contribution in [0.2, 0.25) is 0 Å². The van der Waals surface area contributed by atoms with Gasteiger partial charge in [-0.1, -0.05) is 12.1 Å². The third-order valence-electron chi connectivity index (χ3n) is 3.25. The predicted molar refractivity (Wildman–Crippen MR) is 77.1 cm³/mol. The Hall–Kier alpha value is -1.11. The van der Waals surface area contributed by atoms with E-state index < -0.39 is 10.0 Å². The molecule has 0 spiro atoms. The van der Waals surface area contributed by atoms with Crippen molar-refractivity contribution in [1.82, 2.24) is 9.62 Å². The Bertz CT molecular complexity index is 517. The second-order valence-electron chi connectivity index (χ2n) is 5.28. The third kappa shape index (κ3) is 3.68. The molecule has 0 amide bonds. The maximum absolute atomic E-state index is 12.4. The van der Waals surface area contributed by atoms with Crippen molar-refractivity contribution in [1.29, 1.82) is 0 Å². The summed E-state index contributed by atoms with van der Waals surface area (Å²) < 4.78 is 26.4. The molecule has 106 valence electrons. The summed E-state index contributed by atoms with van der Waals surface area (Å²) in [5.41, 5.74) is 7.02. The second kappa shape index (κ2) is 5.48. The van der Waals surface area contributed by atoms with Gasteiger partial charge >= 0.3 is 0 Å². The van der Waals surface area contributed by atoms with Crippen LogP contribution in [0.25, 0.3) is 0 Å². The van der Waals surface area contributed by atoms with E-state index in [1.54, 1.807) is 28.6 Å². The van der Waals surface area contributed by atoms with Crippen LogP contribution in [0, 0.1) is 0 Å². The Morgan fingerprint density at radius 3 is 2.26 bits per heavy atom. The van der Waals surface area contributed by atoms with Crippen molar-refractivity contribution in [2.24, 2.45) is 0 Å². The molecule has 1 heterocycles. The Balaban J connectivity index is 2.11. The van der Waals surface area contributed by atoms with Crippen molar-refractivity contribution < 1.29 is 8.42 Å². The molecule has 2 atom stereocenters. The highest BCUT2D eigenvalue weighted by Crippen LogP contribution is 2.16. The van der Waals surface area contributed by atoms with Gasteiger partial charge in [-0.15, -0.1) is 0 Å². The molecule has 1 aromatic rings. The highest BCUT2D eigenvalue weighted by Gasteiger charge is 2.29. The van der Waals surface area contributed by atoms with Crippen molar-refractivity contribution in [2.45, 2.75) is 31.7 Å². The minimum atomic E-state index is -3.26. The molecule has 1 aliphatic heterocycles. The lowest BCUT2D eigenvalue weighted by Gasteiger charge is -2.35. The number of hydrogen-bond donors (Lipinski definition) is 2. The number of nitrogens with one attached hydrogen (secondary N) is 1. The molecule has 1 fully saturated rings. The van der Waals surface area contributed by atoms with Crippen molar-refractivity contribution in [2.75, 3.05) is 18.8 Å². The Labute approximate surface area is 114 Å². The summed E-state index contributed by atoms with van der Waals surface area (Å²) in [6.07, 6.45) is 0. The zero-order valence-corrected chi connectivity index (χ0v) is 12.2. The van der Waals surface area contributed by atoms with Gasteiger partial charge in [0.15, 0.2) is 0 Å². The van der Waals surface area contributed by atoms with Gasteiger partial charge in [0.1, 0.15) is 0 Å². The van der Waals surface area contributed by atoms with Crippen LogP contribution in [-0.4, -0.2) is 37.9 Å². The molecule has 3 N–H and O–H groups in total. The molecule has 6 heteroatoms. The van der Waals surface area contributed by atoms with E-state index in [-0.39, 0.29) is 17.8 Å². The van der Waals surface area contributed by atoms with Gasteiger partial charge < -0.3 is 11.1 Å². The van der Waals surface area contributed by atoms with Crippen LogP contribution in [0.1, 0.15) is 19.4 Å². The summed E-state index contributed by atoms with van der Waals surface area (Å²) in [7, 11) is -3.26. The van der Waals surface area contributed by atoms with Gasteiger partial charge in [-0.2, -0.15) is 4.31 Å². The molecule has 2 unspecified atom stereocenters. The van der Waals surface area contributed by atoms with Gasteiger partial charge in [-0.05, 0) is 31.5 Å². The predicted octanol–water partition coefficient (Wildman–Crippen LogP) is 0.781. The number of nitrogen functional groups attached to an aromatic ring is 1. The van der Waals surface area contributed by atoms with E-state index in [1.165, 1.54) is 0 Å². The monoisotopic (exact) mass is 283 g/mol. The molecule has 0 saturated carbocycles. The van der Waals surface area contributed by atoms with Gasteiger partial charge in [0.25, 0.3) is 0 Å². The normalized spacial score (nSPS) is 25.4. The molecule has 19 heavy (non-hydrogen) atoms. The highest BCUT2D eigenvalue weighted by molar-refractivity contribution is 7.88. The number of anilines is 1. The van der Waals surface area contributed by atoms with E-state index in [0.717, 1.165) is 5.56 Å². The first-order valence-corrected chi connectivity index (χ1v) is 8.06. The van der Waals surface area contributed by atoms with Crippen LogP contribution in [0.5, 0.6) is 0 Å². The zero-order valence-electron chi connectivity index (χ0n) is 11.3. The number of piperazine rings is 1. The van der Waals surface area contributed by atoms with E-state index in [0.29, 0.717) is 18.8 Å². The van der Waals surface area contributed by atoms with E-state index in [1.807, 2.05) is 13.8 Å². The lowest BCUT2D eigenvalue weighted by atomic mass is 10.2. The Kier molecular flexibility index (Phi) is 4.13. The highest BCUT2D eigenvalue weighted by atomic mass is 32.2. The SMILES string of the molecule is CC1CN(S(=O)(=O)Cc2ccc(N)cc2)CC(C)N1. The van der Waals surface area contributed by atoms with Crippen molar-refractivity contribution in [3.8, 4) is 0 Å². The second-order valence-corrected chi connectivity index (χ2v) is 7.25. The van der Waals surface area contributed by atoms with Crippen LogP contribution in [0.15, 0.2) is 24.3 Å². The average molecular weight is 283 g/mol. The molecule has 0 radical (unpaired) electrons. The van der Waals surface area contributed by atoms with Gasteiger partial charge in [-0.3, -0.25) is 0 Å². The van der Waals surface area contributed by atoms with Crippen LogP contribution < -0.4 is 11.1 Å². The largest absolute Gasteiger partial charge is 0.399 e. The number of nitrogens with two attached hydrogens (primary N) is 1. The molecular weight excluding hydrogens is 262 g/mol. The van der Waals surface area contributed by atoms with E-state index in [4.69, 9.17) is 5.73 Å². The fraction of sp³-hybridized carbons (Fsp3) is 0.538. The molecule has 2 rings (SSSR count). The number of benzene rings is 1. The summed E-state index contributed by atoms with van der Waals surface area (Å²) in [4.78, 5) is 0. The van der Waals surface area contributed by atoms with Gasteiger partial charge in [-0.25, -0.2) is 8.42 Å². The number of nitrogens with zero attached hydrogens (tertiary/aromatic N) is 1. The maximum atomic E-state index is 12.4. The number of rotatable bonds is 3. The lowest BCUT2D eigenvalue weighted by Crippen LogP contribution is -2.55. The fourth-order valence-electron chi connectivity index (χ4n) is 2.42. The first-order chi connectivity index (χ1) is 8.87. The zero-order chi connectivity index (χ0) is 14.0. The summed E-state index contributed by atoms with van der Waals surface area (Å²) in [6.45, 7) is 5.06. The first-order valence-electron chi connectivity index (χ1n) is 6.45. The molecule has 1 saturated heterocycles. The van der Waals surface area contributed by atoms with Crippen LogP contribution >= 0.6 is 0 Å². The third-order valence-corrected chi connectivity index (χ3v) is 5.03.